The van der Waals surface area contributed by atoms with E-state index in [1.165, 1.54) is 83.5 Å². The number of carboxylic acids is 2. The van der Waals surface area contributed by atoms with Crippen LogP contribution in [0.3, 0.4) is 0 Å². The molecule has 0 aromatic carbocycles. The number of allylic oxidation sites excluding steroid dienone is 1. The zero-order valence-corrected chi connectivity index (χ0v) is 21.0. The zero-order valence-electron chi connectivity index (χ0n) is 19.0. The fourth-order valence-corrected chi connectivity index (χ4v) is 3.67. The first-order chi connectivity index (χ1) is 13.6. The number of carbonyl (C=O) groups excluding carboxylic acids is 1. The maximum Gasteiger partial charge on any atom is 1.00 e. The van der Waals surface area contributed by atoms with Gasteiger partial charge in [-0.2, -0.15) is 0 Å². The number of hydrogen-bond donors (Lipinski definition) is 1. The first-order valence-corrected chi connectivity index (χ1v) is 11.6. The van der Waals surface area contributed by atoms with E-state index in [0.717, 1.165) is 25.7 Å². The molecule has 1 atom stereocenters. The van der Waals surface area contributed by atoms with E-state index >= 15 is 0 Å². The van der Waals surface area contributed by atoms with Gasteiger partial charge >= 0.3 is 35.5 Å². The van der Waals surface area contributed by atoms with E-state index in [0.29, 0.717) is 6.42 Å². The van der Waals surface area contributed by atoms with E-state index in [1.54, 1.807) is 0 Å². The number of unbranched alkanes of at least 4 members (excludes halogenated alkanes) is 16. The Morgan fingerprint density at radius 1 is 0.724 bits per heavy atom. The van der Waals surface area contributed by atoms with Crippen LogP contribution in [0.4, 0.5) is 0 Å². The molecule has 0 fully saturated rings. The molecular formula is C24H43NaO4. The van der Waals surface area contributed by atoms with Gasteiger partial charge in [0.25, 0.3) is 0 Å². The molecule has 0 rings (SSSR count). The van der Waals surface area contributed by atoms with Crippen LogP contribution in [0.1, 0.15) is 122 Å². The van der Waals surface area contributed by atoms with Gasteiger partial charge in [-0.15, -0.1) is 6.58 Å². The Morgan fingerprint density at radius 3 is 1.38 bits per heavy atom. The predicted molar refractivity (Wildman–Crippen MR) is 114 cm³/mol. The Hall–Kier alpha value is -0.320. The third-order valence-corrected chi connectivity index (χ3v) is 5.47. The van der Waals surface area contributed by atoms with Crippen LogP contribution >= 0.6 is 0 Å². The maximum absolute atomic E-state index is 11.0. The van der Waals surface area contributed by atoms with Gasteiger partial charge in [-0.1, -0.05) is 102 Å². The molecule has 0 spiro atoms. The summed E-state index contributed by atoms with van der Waals surface area (Å²) in [5, 5.41) is 19.5. The van der Waals surface area contributed by atoms with E-state index in [-0.39, 0.29) is 36.0 Å². The zero-order chi connectivity index (χ0) is 20.9. The molecule has 29 heavy (non-hydrogen) atoms. The Bertz CT molecular complexity index is 398. The average Bonchev–Trinajstić information content (AvgIpc) is 2.65. The summed E-state index contributed by atoms with van der Waals surface area (Å²) < 4.78 is 0. The number of hydrogen-bond acceptors (Lipinski definition) is 3. The van der Waals surface area contributed by atoms with E-state index in [9.17, 15) is 14.7 Å². The third kappa shape index (κ3) is 23.8. The first kappa shape index (κ1) is 30.9. The van der Waals surface area contributed by atoms with Gasteiger partial charge in [0.05, 0.1) is 5.92 Å². The van der Waals surface area contributed by atoms with Crippen LogP contribution in [0.15, 0.2) is 12.7 Å². The second kappa shape index (κ2) is 24.0. The monoisotopic (exact) mass is 418 g/mol. The molecule has 5 heteroatoms. The van der Waals surface area contributed by atoms with E-state index in [4.69, 9.17) is 5.11 Å². The Labute approximate surface area is 201 Å². The van der Waals surface area contributed by atoms with Gasteiger partial charge in [-0.25, -0.2) is 0 Å². The SMILES string of the molecule is C=CCCCCCCCCCCCCCCCCCCC(CC(=O)[O-])C(=O)O.[Na+]. The van der Waals surface area contributed by atoms with Crippen LogP contribution in [-0.2, 0) is 9.59 Å². The molecule has 0 aliphatic carbocycles. The van der Waals surface area contributed by atoms with E-state index in [1.807, 2.05) is 6.08 Å². The van der Waals surface area contributed by atoms with Gasteiger partial charge in [0, 0.05) is 12.4 Å². The summed E-state index contributed by atoms with van der Waals surface area (Å²) in [6.07, 6.45) is 23.5. The smallest absolute Gasteiger partial charge is 0.550 e. The first-order valence-electron chi connectivity index (χ1n) is 11.6. The minimum Gasteiger partial charge on any atom is -0.550 e. The third-order valence-electron chi connectivity index (χ3n) is 5.47. The van der Waals surface area contributed by atoms with Gasteiger partial charge in [-0.3, -0.25) is 4.79 Å². The van der Waals surface area contributed by atoms with Gasteiger partial charge in [0.1, 0.15) is 0 Å². The summed E-state index contributed by atoms with van der Waals surface area (Å²) in [6, 6.07) is 0. The van der Waals surface area contributed by atoms with Crippen molar-refractivity contribution in [2.45, 2.75) is 122 Å². The van der Waals surface area contributed by atoms with Crippen LogP contribution < -0.4 is 34.7 Å². The largest absolute Gasteiger partial charge is 1.00 e. The Morgan fingerprint density at radius 2 is 1.07 bits per heavy atom. The average molecular weight is 419 g/mol. The van der Waals surface area contributed by atoms with Crippen molar-refractivity contribution in [3.63, 3.8) is 0 Å². The summed E-state index contributed by atoms with van der Waals surface area (Å²) in [5.74, 6) is -3.08. The molecule has 164 valence electrons. The molecule has 0 saturated heterocycles. The second-order valence-electron chi connectivity index (χ2n) is 8.13. The number of rotatable bonds is 22. The number of carbonyl (C=O) groups is 2. The van der Waals surface area contributed by atoms with Crippen molar-refractivity contribution >= 4 is 11.9 Å². The van der Waals surface area contributed by atoms with Gasteiger partial charge in [0.2, 0.25) is 0 Å². The van der Waals surface area contributed by atoms with Gasteiger partial charge in [0.15, 0.2) is 0 Å². The molecule has 0 bridgehead atoms. The van der Waals surface area contributed by atoms with Crippen LogP contribution in [0.2, 0.25) is 0 Å². The summed E-state index contributed by atoms with van der Waals surface area (Å²) in [5.41, 5.74) is 0. The summed E-state index contributed by atoms with van der Waals surface area (Å²) in [6.45, 7) is 3.75. The molecule has 0 aliphatic heterocycles. The molecule has 0 saturated carbocycles. The van der Waals surface area contributed by atoms with Crippen molar-refractivity contribution < 1.29 is 49.4 Å². The molecule has 0 aliphatic rings. The standard InChI is InChI=1S/C24H44O4.Na/c1-2-3-4-5-6-7-8-9-10-11-12-13-14-15-16-17-18-19-20-22(24(27)28)21-23(25)26;/h2,22H,1,3-21H2,(H,25,26)(H,27,28);/q;+1/p-1. The van der Waals surface area contributed by atoms with Crippen molar-refractivity contribution in [2.75, 3.05) is 0 Å². The van der Waals surface area contributed by atoms with Gasteiger partial charge in [-0.05, 0) is 19.3 Å². The predicted octanol–water partition coefficient (Wildman–Crippen LogP) is 3.04. The second-order valence-corrected chi connectivity index (χ2v) is 8.13. The molecule has 0 aromatic rings. The quantitative estimate of drug-likeness (QED) is 0.167. The van der Waals surface area contributed by atoms with Crippen molar-refractivity contribution in [1.29, 1.82) is 0 Å². The molecule has 0 aromatic heterocycles. The van der Waals surface area contributed by atoms with Crippen LogP contribution in [-0.4, -0.2) is 17.0 Å². The summed E-state index contributed by atoms with van der Waals surface area (Å²) >= 11 is 0. The van der Waals surface area contributed by atoms with Crippen molar-refractivity contribution in [3.05, 3.63) is 12.7 Å². The van der Waals surface area contributed by atoms with Gasteiger partial charge < -0.3 is 15.0 Å². The summed E-state index contributed by atoms with van der Waals surface area (Å²) in [4.78, 5) is 21.5. The fourth-order valence-electron chi connectivity index (χ4n) is 3.67. The minimum atomic E-state index is -1.27. The van der Waals surface area contributed by atoms with Crippen molar-refractivity contribution in [3.8, 4) is 0 Å². The van der Waals surface area contributed by atoms with E-state index in [2.05, 4.69) is 6.58 Å². The Balaban J connectivity index is 0. The molecule has 1 N–H and O–H groups in total. The molecule has 4 nitrogen and oxygen atoms in total. The van der Waals surface area contributed by atoms with Crippen molar-refractivity contribution in [2.24, 2.45) is 5.92 Å². The normalized spacial score (nSPS) is 11.6. The Kier molecular flexibility index (Phi) is 25.5. The minimum absolute atomic E-state index is 0. The topological polar surface area (TPSA) is 77.4 Å². The van der Waals surface area contributed by atoms with E-state index < -0.39 is 17.9 Å². The molecule has 0 radical (unpaired) electrons. The van der Waals surface area contributed by atoms with Crippen LogP contribution in [0.25, 0.3) is 0 Å². The number of aliphatic carboxylic acids is 2. The van der Waals surface area contributed by atoms with Crippen LogP contribution in [0.5, 0.6) is 0 Å². The maximum atomic E-state index is 11.0. The molecular weight excluding hydrogens is 375 g/mol. The fraction of sp³-hybridized carbons (Fsp3) is 0.833. The summed E-state index contributed by atoms with van der Waals surface area (Å²) in [7, 11) is 0. The molecule has 1 unspecified atom stereocenters. The van der Waals surface area contributed by atoms with Crippen molar-refractivity contribution in [1.82, 2.24) is 0 Å². The van der Waals surface area contributed by atoms with Crippen LogP contribution in [0, 0.1) is 5.92 Å². The number of carboxylic acid groups (broad SMARTS) is 2. The molecule has 0 heterocycles. The molecule has 0 amide bonds.